The van der Waals surface area contributed by atoms with Crippen molar-refractivity contribution in [2.75, 3.05) is 19.6 Å². The molecule has 1 aromatic heterocycles. The second kappa shape index (κ2) is 4.90. The van der Waals surface area contributed by atoms with E-state index in [-0.39, 0.29) is 11.9 Å². The van der Waals surface area contributed by atoms with Crippen LogP contribution in [0.4, 0.5) is 0 Å². The lowest BCUT2D eigenvalue weighted by Crippen LogP contribution is -2.56. The number of primary amides is 1. The van der Waals surface area contributed by atoms with Crippen molar-refractivity contribution in [3.63, 3.8) is 0 Å². The van der Waals surface area contributed by atoms with Crippen LogP contribution < -0.4 is 11.1 Å². The molecule has 6 heteroatoms. The van der Waals surface area contributed by atoms with E-state index >= 15 is 0 Å². The van der Waals surface area contributed by atoms with Crippen LogP contribution in [-0.2, 0) is 11.3 Å². The molecule has 88 valence electrons. The van der Waals surface area contributed by atoms with Crippen molar-refractivity contribution < 1.29 is 4.79 Å². The SMILES string of the molecule is Cc1ncsc1CN1CCNCC1C(N)=O. The number of carbonyl (C=O) groups is 1. The zero-order valence-electron chi connectivity index (χ0n) is 9.27. The van der Waals surface area contributed by atoms with Crippen molar-refractivity contribution in [1.29, 1.82) is 0 Å². The predicted molar refractivity (Wildman–Crippen MR) is 63.1 cm³/mol. The molecule has 3 N–H and O–H groups in total. The van der Waals surface area contributed by atoms with Gasteiger partial charge in [-0.3, -0.25) is 9.69 Å². The molecule has 1 aliphatic heterocycles. The smallest absolute Gasteiger partial charge is 0.236 e. The zero-order valence-corrected chi connectivity index (χ0v) is 10.1. The summed E-state index contributed by atoms with van der Waals surface area (Å²) in [7, 11) is 0. The van der Waals surface area contributed by atoms with Gasteiger partial charge in [-0.1, -0.05) is 0 Å². The van der Waals surface area contributed by atoms with Crippen LogP contribution >= 0.6 is 11.3 Å². The van der Waals surface area contributed by atoms with Crippen LogP contribution in [0.15, 0.2) is 5.51 Å². The maximum absolute atomic E-state index is 11.3. The van der Waals surface area contributed by atoms with E-state index in [1.54, 1.807) is 11.3 Å². The molecule has 2 rings (SSSR count). The fraction of sp³-hybridized carbons (Fsp3) is 0.600. The van der Waals surface area contributed by atoms with Gasteiger partial charge in [0.05, 0.1) is 11.2 Å². The van der Waals surface area contributed by atoms with Gasteiger partial charge in [-0.15, -0.1) is 11.3 Å². The highest BCUT2D eigenvalue weighted by molar-refractivity contribution is 7.09. The Hall–Kier alpha value is -0.980. The number of thiazole rings is 1. The van der Waals surface area contributed by atoms with E-state index < -0.39 is 0 Å². The van der Waals surface area contributed by atoms with E-state index in [9.17, 15) is 4.79 Å². The number of carbonyl (C=O) groups excluding carboxylic acids is 1. The number of nitrogens with one attached hydrogen (secondary N) is 1. The Kier molecular flexibility index (Phi) is 3.52. The third kappa shape index (κ3) is 2.40. The van der Waals surface area contributed by atoms with Crippen LogP contribution in [0.3, 0.4) is 0 Å². The lowest BCUT2D eigenvalue weighted by atomic mass is 10.1. The first-order valence-electron chi connectivity index (χ1n) is 5.31. The van der Waals surface area contributed by atoms with Gasteiger partial charge in [0, 0.05) is 31.1 Å². The van der Waals surface area contributed by atoms with E-state index in [4.69, 9.17) is 5.73 Å². The lowest BCUT2D eigenvalue weighted by Gasteiger charge is -2.33. The molecule has 0 spiro atoms. The minimum Gasteiger partial charge on any atom is -0.368 e. The molecule has 5 nitrogen and oxygen atoms in total. The summed E-state index contributed by atoms with van der Waals surface area (Å²) in [6.07, 6.45) is 0. The van der Waals surface area contributed by atoms with E-state index in [1.165, 1.54) is 4.88 Å². The van der Waals surface area contributed by atoms with Crippen LogP contribution in [0.2, 0.25) is 0 Å². The van der Waals surface area contributed by atoms with E-state index in [0.29, 0.717) is 6.54 Å². The molecule has 1 atom stereocenters. The van der Waals surface area contributed by atoms with Gasteiger partial charge in [-0.05, 0) is 6.92 Å². The molecule has 0 aliphatic carbocycles. The quantitative estimate of drug-likeness (QED) is 0.761. The Morgan fingerprint density at radius 3 is 3.25 bits per heavy atom. The normalized spacial score (nSPS) is 22.2. The number of rotatable bonds is 3. The minimum absolute atomic E-state index is 0.199. The highest BCUT2D eigenvalue weighted by Gasteiger charge is 2.27. The summed E-state index contributed by atoms with van der Waals surface area (Å²) < 4.78 is 0. The molecule has 1 aromatic rings. The number of aromatic nitrogens is 1. The molecular weight excluding hydrogens is 224 g/mol. The number of hydrogen-bond donors (Lipinski definition) is 2. The number of aryl methyl sites for hydroxylation is 1. The molecule has 0 bridgehead atoms. The van der Waals surface area contributed by atoms with Crippen molar-refractivity contribution >= 4 is 17.2 Å². The summed E-state index contributed by atoms with van der Waals surface area (Å²) in [5.74, 6) is -0.255. The van der Waals surface area contributed by atoms with Crippen LogP contribution in [0, 0.1) is 6.92 Å². The fourth-order valence-electron chi connectivity index (χ4n) is 1.88. The molecule has 0 saturated carbocycles. The average molecular weight is 240 g/mol. The van der Waals surface area contributed by atoms with Crippen LogP contribution in [0.25, 0.3) is 0 Å². The third-order valence-corrected chi connectivity index (χ3v) is 3.79. The first-order chi connectivity index (χ1) is 7.68. The van der Waals surface area contributed by atoms with Gasteiger partial charge in [-0.25, -0.2) is 4.98 Å². The summed E-state index contributed by atoms with van der Waals surface area (Å²) in [4.78, 5) is 18.9. The predicted octanol–water partition coefficient (Wildman–Crippen LogP) is -0.289. The van der Waals surface area contributed by atoms with Gasteiger partial charge >= 0.3 is 0 Å². The van der Waals surface area contributed by atoms with Crippen molar-refractivity contribution in [2.24, 2.45) is 5.73 Å². The van der Waals surface area contributed by atoms with Crippen molar-refractivity contribution in [2.45, 2.75) is 19.5 Å². The highest BCUT2D eigenvalue weighted by Crippen LogP contribution is 2.17. The Balaban J connectivity index is 2.07. The molecule has 16 heavy (non-hydrogen) atoms. The average Bonchev–Trinajstić information content (AvgIpc) is 2.65. The first-order valence-corrected chi connectivity index (χ1v) is 6.19. The Bertz CT molecular complexity index is 379. The molecule has 1 aliphatic rings. The lowest BCUT2D eigenvalue weighted by molar-refractivity contribution is -0.124. The Morgan fingerprint density at radius 2 is 2.62 bits per heavy atom. The summed E-state index contributed by atoms with van der Waals surface area (Å²) in [6.45, 7) is 5.17. The van der Waals surface area contributed by atoms with Gasteiger partial charge in [0.15, 0.2) is 0 Å². The van der Waals surface area contributed by atoms with E-state index in [2.05, 4.69) is 15.2 Å². The van der Waals surface area contributed by atoms with Crippen LogP contribution in [-0.4, -0.2) is 41.5 Å². The summed E-state index contributed by atoms with van der Waals surface area (Å²) >= 11 is 1.63. The molecule has 1 saturated heterocycles. The third-order valence-electron chi connectivity index (χ3n) is 2.87. The standard InChI is InChI=1S/C10H16N4OS/c1-7-9(16-6-13-7)5-14-3-2-12-4-8(14)10(11)15/h6,8,12H,2-5H2,1H3,(H2,11,15). The zero-order chi connectivity index (χ0) is 11.5. The van der Waals surface area contributed by atoms with Crippen LogP contribution in [0.5, 0.6) is 0 Å². The Morgan fingerprint density at radius 1 is 1.81 bits per heavy atom. The number of amides is 1. The number of nitrogens with zero attached hydrogens (tertiary/aromatic N) is 2. The number of hydrogen-bond acceptors (Lipinski definition) is 5. The van der Waals surface area contributed by atoms with Crippen molar-refractivity contribution in [1.82, 2.24) is 15.2 Å². The first kappa shape index (κ1) is 11.5. The topological polar surface area (TPSA) is 71.2 Å². The van der Waals surface area contributed by atoms with Gasteiger partial charge in [0.2, 0.25) is 5.91 Å². The van der Waals surface area contributed by atoms with E-state index in [1.807, 2.05) is 12.4 Å². The molecule has 0 radical (unpaired) electrons. The number of piperazine rings is 1. The summed E-state index contributed by atoms with van der Waals surface area (Å²) in [5, 5.41) is 3.19. The Labute approximate surface area is 98.7 Å². The molecule has 1 fully saturated rings. The largest absolute Gasteiger partial charge is 0.368 e. The summed E-state index contributed by atoms with van der Waals surface area (Å²) in [6, 6.07) is -0.199. The van der Waals surface area contributed by atoms with Gasteiger partial charge in [-0.2, -0.15) is 0 Å². The molecular formula is C10H16N4OS. The number of nitrogens with two attached hydrogens (primary N) is 1. The monoisotopic (exact) mass is 240 g/mol. The molecule has 1 unspecified atom stereocenters. The van der Waals surface area contributed by atoms with Crippen molar-refractivity contribution in [3.8, 4) is 0 Å². The van der Waals surface area contributed by atoms with Crippen molar-refractivity contribution in [3.05, 3.63) is 16.1 Å². The van der Waals surface area contributed by atoms with Gasteiger partial charge < -0.3 is 11.1 Å². The van der Waals surface area contributed by atoms with Gasteiger partial charge in [0.1, 0.15) is 6.04 Å². The second-order valence-corrected chi connectivity index (χ2v) is 4.89. The summed E-state index contributed by atoms with van der Waals surface area (Å²) in [5.41, 5.74) is 8.28. The fourth-order valence-corrected chi connectivity index (χ4v) is 2.68. The maximum atomic E-state index is 11.3. The minimum atomic E-state index is -0.255. The van der Waals surface area contributed by atoms with Gasteiger partial charge in [0.25, 0.3) is 0 Å². The van der Waals surface area contributed by atoms with Crippen LogP contribution in [0.1, 0.15) is 10.6 Å². The van der Waals surface area contributed by atoms with E-state index in [0.717, 1.165) is 25.3 Å². The molecule has 0 aromatic carbocycles. The molecule has 1 amide bonds. The maximum Gasteiger partial charge on any atom is 0.236 e. The molecule has 2 heterocycles. The second-order valence-electron chi connectivity index (χ2n) is 3.95. The highest BCUT2D eigenvalue weighted by atomic mass is 32.1.